The van der Waals surface area contributed by atoms with Gasteiger partial charge < -0.3 is 5.32 Å². The summed E-state index contributed by atoms with van der Waals surface area (Å²) in [7, 11) is 0. The first kappa shape index (κ1) is 13.3. The monoisotopic (exact) mass is 262 g/mol. The number of hydrogen-bond acceptors (Lipinski definition) is 2. The predicted octanol–water partition coefficient (Wildman–Crippen LogP) is 2.02. The van der Waals surface area contributed by atoms with Crippen molar-refractivity contribution in [2.45, 2.75) is 6.04 Å². The lowest BCUT2D eigenvalue weighted by molar-refractivity contribution is 0.147. The van der Waals surface area contributed by atoms with Crippen molar-refractivity contribution in [2.75, 3.05) is 32.9 Å². The van der Waals surface area contributed by atoms with Gasteiger partial charge in [-0.3, -0.25) is 4.90 Å². The molecule has 1 aromatic rings. The number of benzene rings is 1. The maximum absolute atomic E-state index is 13.1. The summed E-state index contributed by atoms with van der Waals surface area (Å²) < 4.78 is 52.2. The van der Waals surface area contributed by atoms with Crippen molar-refractivity contribution in [1.29, 1.82) is 0 Å². The van der Waals surface area contributed by atoms with Crippen molar-refractivity contribution in [2.24, 2.45) is 0 Å². The number of alkyl halides is 1. The minimum atomic E-state index is -1.52. The van der Waals surface area contributed by atoms with Crippen molar-refractivity contribution in [3.8, 4) is 0 Å². The summed E-state index contributed by atoms with van der Waals surface area (Å²) in [5, 5.41) is 3.10. The van der Waals surface area contributed by atoms with Crippen LogP contribution in [0.5, 0.6) is 0 Å². The van der Waals surface area contributed by atoms with Crippen LogP contribution >= 0.6 is 0 Å². The maximum atomic E-state index is 13.1. The van der Waals surface area contributed by atoms with Gasteiger partial charge in [0.2, 0.25) is 0 Å². The first-order valence-electron chi connectivity index (χ1n) is 5.78. The van der Waals surface area contributed by atoms with Gasteiger partial charge in [0.15, 0.2) is 17.5 Å². The molecule has 1 heterocycles. The van der Waals surface area contributed by atoms with Gasteiger partial charge in [-0.05, 0) is 17.7 Å². The molecule has 1 aliphatic rings. The van der Waals surface area contributed by atoms with Gasteiger partial charge >= 0.3 is 0 Å². The van der Waals surface area contributed by atoms with E-state index >= 15 is 0 Å². The highest BCUT2D eigenvalue weighted by Gasteiger charge is 2.24. The van der Waals surface area contributed by atoms with Gasteiger partial charge in [0, 0.05) is 26.2 Å². The summed E-state index contributed by atoms with van der Waals surface area (Å²) >= 11 is 0. The van der Waals surface area contributed by atoms with Gasteiger partial charge in [-0.25, -0.2) is 17.6 Å². The highest BCUT2D eigenvalue weighted by atomic mass is 19.2. The molecule has 0 unspecified atom stereocenters. The Morgan fingerprint density at radius 2 is 1.67 bits per heavy atom. The minimum Gasteiger partial charge on any atom is -0.314 e. The van der Waals surface area contributed by atoms with E-state index in [0.717, 1.165) is 12.1 Å². The van der Waals surface area contributed by atoms with Gasteiger partial charge in [-0.2, -0.15) is 0 Å². The summed E-state index contributed by atoms with van der Waals surface area (Å²) in [6, 6.07) is 1.01. The molecule has 0 aliphatic carbocycles. The molecule has 1 aromatic carbocycles. The van der Waals surface area contributed by atoms with Crippen LogP contribution in [0.2, 0.25) is 0 Å². The number of halogens is 4. The maximum Gasteiger partial charge on any atom is 0.194 e. The van der Waals surface area contributed by atoms with E-state index in [1.807, 2.05) is 0 Å². The van der Waals surface area contributed by atoms with Gasteiger partial charge in [0.05, 0.1) is 6.04 Å². The van der Waals surface area contributed by atoms with Crippen LogP contribution in [0, 0.1) is 17.5 Å². The van der Waals surface area contributed by atoms with Crippen LogP contribution in [0.4, 0.5) is 17.6 Å². The summed E-state index contributed by atoms with van der Waals surface area (Å²) in [6.45, 7) is 1.82. The van der Waals surface area contributed by atoms with Gasteiger partial charge in [0.1, 0.15) is 6.67 Å². The Bertz CT molecular complexity index is 396. The first-order chi connectivity index (χ1) is 8.63. The lowest BCUT2D eigenvalue weighted by Gasteiger charge is -2.33. The summed E-state index contributed by atoms with van der Waals surface area (Å²) in [6.07, 6.45) is 0. The van der Waals surface area contributed by atoms with E-state index in [0.29, 0.717) is 26.2 Å². The second-order valence-corrected chi connectivity index (χ2v) is 4.25. The van der Waals surface area contributed by atoms with Crippen molar-refractivity contribution < 1.29 is 17.6 Å². The molecule has 0 spiro atoms. The molecule has 2 nitrogen and oxygen atoms in total. The third kappa shape index (κ3) is 2.64. The number of rotatable bonds is 3. The molecule has 0 aromatic heterocycles. The van der Waals surface area contributed by atoms with Crippen LogP contribution < -0.4 is 5.32 Å². The predicted molar refractivity (Wildman–Crippen MR) is 59.5 cm³/mol. The molecule has 1 saturated heterocycles. The van der Waals surface area contributed by atoms with Crippen LogP contribution in [0.1, 0.15) is 11.6 Å². The molecule has 0 saturated carbocycles. The molecular formula is C12H14F4N2. The molecule has 2 rings (SSSR count). The lowest BCUT2D eigenvalue weighted by atomic mass is 10.0. The molecule has 0 bridgehead atoms. The Labute approximate surface area is 103 Å². The second kappa shape index (κ2) is 5.67. The SMILES string of the molecule is FC[C@H](c1cc(F)c(F)c(F)c1)N1CCNCC1. The topological polar surface area (TPSA) is 15.3 Å². The van der Waals surface area contributed by atoms with Crippen LogP contribution in [-0.4, -0.2) is 37.8 Å². The largest absolute Gasteiger partial charge is 0.314 e. The van der Waals surface area contributed by atoms with Crippen LogP contribution in [0.3, 0.4) is 0 Å². The Balaban J connectivity index is 2.26. The lowest BCUT2D eigenvalue weighted by Crippen LogP contribution is -2.45. The standard InChI is InChI=1S/C12H14F4N2/c13-7-11(18-3-1-17-2-4-18)8-5-9(14)12(16)10(15)6-8/h5-6,11,17H,1-4,7H2/t11-/m1/s1. The third-order valence-corrected chi connectivity index (χ3v) is 3.13. The van der Waals surface area contributed by atoms with E-state index in [-0.39, 0.29) is 5.56 Å². The zero-order valence-electron chi connectivity index (χ0n) is 9.73. The number of nitrogens with zero attached hydrogens (tertiary/aromatic N) is 1. The van der Waals surface area contributed by atoms with E-state index in [9.17, 15) is 17.6 Å². The van der Waals surface area contributed by atoms with Gasteiger partial charge in [-0.15, -0.1) is 0 Å². The molecular weight excluding hydrogens is 248 g/mol. The van der Waals surface area contributed by atoms with E-state index in [1.54, 1.807) is 4.90 Å². The Morgan fingerprint density at radius 1 is 1.11 bits per heavy atom. The van der Waals surface area contributed by atoms with Crippen molar-refractivity contribution >= 4 is 0 Å². The van der Waals surface area contributed by atoms with E-state index in [4.69, 9.17) is 0 Å². The van der Waals surface area contributed by atoms with E-state index < -0.39 is 30.2 Å². The van der Waals surface area contributed by atoms with Gasteiger partial charge in [0.25, 0.3) is 0 Å². The van der Waals surface area contributed by atoms with Crippen molar-refractivity contribution in [1.82, 2.24) is 10.2 Å². The Morgan fingerprint density at radius 3 is 2.17 bits per heavy atom. The average molecular weight is 262 g/mol. The van der Waals surface area contributed by atoms with Crippen LogP contribution in [0.15, 0.2) is 12.1 Å². The molecule has 0 amide bonds. The minimum absolute atomic E-state index is 0.135. The summed E-state index contributed by atoms with van der Waals surface area (Å²) in [5.41, 5.74) is 0.135. The fourth-order valence-electron chi connectivity index (χ4n) is 2.16. The summed E-state index contributed by atoms with van der Waals surface area (Å²) in [4.78, 5) is 1.79. The van der Waals surface area contributed by atoms with E-state index in [2.05, 4.69) is 5.32 Å². The number of nitrogens with one attached hydrogen (secondary N) is 1. The van der Waals surface area contributed by atoms with Crippen LogP contribution in [0.25, 0.3) is 0 Å². The zero-order valence-corrected chi connectivity index (χ0v) is 9.73. The normalized spacial score (nSPS) is 18.9. The fraction of sp³-hybridized carbons (Fsp3) is 0.500. The Hall–Kier alpha value is -1.14. The Kier molecular flexibility index (Phi) is 4.19. The first-order valence-corrected chi connectivity index (χ1v) is 5.78. The number of hydrogen-bond donors (Lipinski definition) is 1. The molecule has 6 heteroatoms. The molecule has 1 fully saturated rings. The molecule has 100 valence electrons. The average Bonchev–Trinajstić information content (AvgIpc) is 2.38. The molecule has 1 aliphatic heterocycles. The van der Waals surface area contributed by atoms with Crippen LogP contribution in [-0.2, 0) is 0 Å². The van der Waals surface area contributed by atoms with Crippen molar-refractivity contribution in [3.63, 3.8) is 0 Å². The van der Waals surface area contributed by atoms with Gasteiger partial charge in [-0.1, -0.05) is 0 Å². The highest BCUT2D eigenvalue weighted by Crippen LogP contribution is 2.25. The number of piperazine rings is 1. The smallest absolute Gasteiger partial charge is 0.194 e. The molecule has 18 heavy (non-hydrogen) atoms. The molecule has 0 radical (unpaired) electrons. The zero-order chi connectivity index (χ0) is 13.1. The molecule has 1 N–H and O–H groups in total. The summed E-state index contributed by atoms with van der Waals surface area (Å²) in [5.74, 6) is -4.08. The fourth-order valence-corrected chi connectivity index (χ4v) is 2.16. The molecule has 1 atom stereocenters. The van der Waals surface area contributed by atoms with E-state index in [1.165, 1.54) is 0 Å². The quantitative estimate of drug-likeness (QED) is 0.662. The third-order valence-electron chi connectivity index (χ3n) is 3.13. The van der Waals surface area contributed by atoms with Crippen molar-refractivity contribution in [3.05, 3.63) is 35.1 Å². The highest BCUT2D eigenvalue weighted by molar-refractivity contribution is 5.23. The second-order valence-electron chi connectivity index (χ2n) is 4.25.